The van der Waals surface area contributed by atoms with E-state index in [1.54, 1.807) is 60.7 Å². The van der Waals surface area contributed by atoms with E-state index in [1.165, 1.54) is 17.6 Å². The molecule has 2 aromatic carbocycles. The fraction of sp³-hybridized carbons (Fsp3) is 0. The lowest BCUT2D eigenvalue weighted by Gasteiger charge is -2.05. The first-order valence-electron chi connectivity index (χ1n) is 7.56. The number of ether oxygens (including phenoxy) is 1. The standard InChI is InChI=1S/C19H13ClN2O3S/c20-15-4-1-3-14(11-15)19(24)25-16-8-6-13(7-9-16)12-21-22-18(23)17-5-2-10-26-17/h1-12H,(H,22,23)/b21-12+. The highest BCUT2D eigenvalue weighted by molar-refractivity contribution is 7.12. The average molecular weight is 385 g/mol. The van der Waals surface area contributed by atoms with Crippen molar-refractivity contribution in [3.63, 3.8) is 0 Å². The molecule has 0 aliphatic heterocycles. The van der Waals surface area contributed by atoms with Crippen LogP contribution in [0, 0.1) is 0 Å². The number of carbonyl (C=O) groups excluding carboxylic acids is 2. The molecule has 0 fully saturated rings. The molecule has 7 heteroatoms. The summed E-state index contributed by atoms with van der Waals surface area (Å²) in [5, 5.41) is 6.19. The van der Waals surface area contributed by atoms with Gasteiger partial charge in [-0.3, -0.25) is 4.79 Å². The van der Waals surface area contributed by atoms with Gasteiger partial charge in [0.1, 0.15) is 5.75 Å². The molecule has 1 N–H and O–H groups in total. The van der Waals surface area contributed by atoms with Crippen LogP contribution in [0.25, 0.3) is 0 Å². The maximum atomic E-state index is 12.1. The van der Waals surface area contributed by atoms with Crippen molar-refractivity contribution >= 4 is 41.0 Å². The molecule has 0 bridgehead atoms. The third-order valence-corrected chi connectivity index (χ3v) is 4.38. The monoisotopic (exact) mass is 384 g/mol. The largest absolute Gasteiger partial charge is 0.423 e. The van der Waals surface area contributed by atoms with Crippen LogP contribution in [0.15, 0.2) is 71.1 Å². The number of hydrazone groups is 1. The van der Waals surface area contributed by atoms with Gasteiger partial charge in [0.25, 0.3) is 5.91 Å². The molecular formula is C19H13ClN2O3S. The van der Waals surface area contributed by atoms with Gasteiger partial charge in [-0.25, -0.2) is 10.2 Å². The van der Waals surface area contributed by atoms with Crippen molar-refractivity contribution in [3.05, 3.63) is 87.1 Å². The molecule has 0 atom stereocenters. The molecule has 1 amide bonds. The van der Waals surface area contributed by atoms with Gasteiger partial charge >= 0.3 is 5.97 Å². The summed E-state index contributed by atoms with van der Waals surface area (Å²) in [5.74, 6) is -0.352. The molecule has 1 heterocycles. The van der Waals surface area contributed by atoms with Gasteiger partial charge in [0, 0.05) is 5.02 Å². The first-order chi connectivity index (χ1) is 12.6. The van der Waals surface area contributed by atoms with E-state index in [9.17, 15) is 9.59 Å². The summed E-state index contributed by atoms with van der Waals surface area (Å²) in [7, 11) is 0. The van der Waals surface area contributed by atoms with Gasteiger partial charge < -0.3 is 4.74 Å². The Kier molecular flexibility index (Phi) is 5.78. The number of rotatable bonds is 5. The van der Waals surface area contributed by atoms with Crippen molar-refractivity contribution in [1.82, 2.24) is 5.43 Å². The zero-order valence-corrected chi connectivity index (χ0v) is 15.0. The highest BCUT2D eigenvalue weighted by Gasteiger charge is 2.09. The molecule has 26 heavy (non-hydrogen) atoms. The zero-order chi connectivity index (χ0) is 18.4. The molecule has 0 aliphatic carbocycles. The highest BCUT2D eigenvalue weighted by Crippen LogP contribution is 2.16. The summed E-state index contributed by atoms with van der Waals surface area (Å²) in [6.45, 7) is 0. The summed E-state index contributed by atoms with van der Waals surface area (Å²) in [5.41, 5.74) is 3.57. The molecule has 0 aliphatic rings. The van der Waals surface area contributed by atoms with Crippen molar-refractivity contribution in [2.45, 2.75) is 0 Å². The van der Waals surface area contributed by atoms with E-state index in [1.807, 2.05) is 5.38 Å². The van der Waals surface area contributed by atoms with Crippen LogP contribution in [0.1, 0.15) is 25.6 Å². The van der Waals surface area contributed by atoms with Crippen molar-refractivity contribution in [2.24, 2.45) is 5.10 Å². The van der Waals surface area contributed by atoms with E-state index >= 15 is 0 Å². The Morgan fingerprint density at radius 3 is 2.58 bits per heavy atom. The van der Waals surface area contributed by atoms with Crippen LogP contribution in [0.5, 0.6) is 5.75 Å². The van der Waals surface area contributed by atoms with E-state index in [-0.39, 0.29) is 5.91 Å². The molecule has 5 nitrogen and oxygen atoms in total. The molecule has 1 aromatic heterocycles. The number of benzene rings is 2. The van der Waals surface area contributed by atoms with Crippen LogP contribution < -0.4 is 10.2 Å². The van der Waals surface area contributed by atoms with Crippen LogP contribution in [0.2, 0.25) is 5.02 Å². The SMILES string of the molecule is O=C(Oc1ccc(/C=N/NC(=O)c2cccs2)cc1)c1cccc(Cl)c1. The minimum Gasteiger partial charge on any atom is -0.423 e. The smallest absolute Gasteiger partial charge is 0.343 e. The predicted octanol–water partition coefficient (Wildman–Crippen LogP) is 4.38. The van der Waals surface area contributed by atoms with E-state index < -0.39 is 5.97 Å². The van der Waals surface area contributed by atoms with Crippen LogP contribution in [0.3, 0.4) is 0 Å². The molecule has 130 valence electrons. The number of nitrogens with one attached hydrogen (secondary N) is 1. The molecule has 0 radical (unpaired) electrons. The Hall–Kier alpha value is -2.96. The van der Waals surface area contributed by atoms with Gasteiger partial charge in [0.15, 0.2) is 0 Å². The third kappa shape index (κ3) is 4.78. The lowest BCUT2D eigenvalue weighted by atomic mass is 10.2. The van der Waals surface area contributed by atoms with E-state index in [2.05, 4.69) is 10.5 Å². The predicted molar refractivity (Wildman–Crippen MR) is 102 cm³/mol. The van der Waals surface area contributed by atoms with E-state index in [0.717, 1.165) is 5.56 Å². The second-order valence-corrected chi connectivity index (χ2v) is 6.53. The second kappa shape index (κ2) is 8.42. The third-order valence-electron chi connectivity index (χ3n) is 3.28. The van der Waals surface area contributed by atoms with E-state index in [4.69, 9.17) is 16.3 Å². The molecule has 0 saturated heterocycles. The summed E-state index contributed by atoms with van der Waals surface area (Å²) >= 11 is 7.21. The number of thiophene rings is 1. The number of nitrogens with zero attached hydrogens (tertiary/aromatic N) is 1. The summed E-state index contributed by atoms with van der Waals surface area (Å²) < 4.78 is 5.29. The fourth-order valence-corrected chi connectivity index (χ4v) is 2.84. The van der Waals surface area contributed by atoms with Crippen molar-refractivity contribution in [3.8, 4) is 5.75 Å². The Labute approximate surface area is 158 Å². The summed E-state index contributed by atoms with van der Waals surface area (Å²) in [6, 6.07) is 16.8. The van der Waals surface area contributed by atoms with Crippen LogP contribution in [0.4, 0.5) is 0 Å². The molecular weight excluding hydrogens is 372 g/mol. The normalized spacial score (nSPS) is 10.7. The molecule has 0 spiro atoms. The molecule has 0 saturated carbocycles. The number of halogens is 1. The maximum Gasteiger partial charge on any atom is 0.343 e. The zero-order valence-electron chi connectivity index (χ0n) is 13.4. The van der Waals surface area contributed by atoms with Gasteiger partial charge in [0.2, 0.25) is 0 Å². The first kappa shape index (κ1) is 17.8. The van der Waals surface area contributed by atoms with Gasteiger partial charge in [0.05, 0.1) is 16.7 Å². The Bertz CT molecular complexity index is 938. The van der Waals surface area contributed by atoms with Gasteiger partial charge in [-0.05, 0) is 59.5 Å². The van der Waals surface area contributed by atoms with Crippen molar-refractivity contribution < 1.29 is 14.3 Å². The number of carbonyl (C=O) groups is 2. The number of hydrogen-bond donors (Lipinski definition) is 1. The fourth-order valence-electron chi connectivity index (χ4n) is 2.03. The lowest BCUT2D eigenvalue weighted by Crippen LogP contribution is -2.16. The molecule has 0 unspecified atom stereocenters. The highest BCUT2D eigenvalue weighted by atomic mass is 35.5. The van der Waals surface area contributed by atoms with Crippen molar-refractivity contribution in [2.75, 3.05) is 0 Å². The van der Waals surface area contributed by atoms with Gasteiger partial charge in [-0.15, -0.1) is 11.3 Å². The maximum absolute atomic E-state index is 12.1. The number of esters is 1. The van der Waals surface area contributed by atoms with E-state index in [0.29, 0.717) is 21.2 Å². The van der Waals surface area contributed by atoms with Gasteiger partial charge in [-0.2, -0.15) is 5.10 Å². The van der Waals surface area contributed by atoms with Crippen LogP contribution in [-0.2, 0) is 0 Å². The molecule has 3 rings (SSSR count). The average Bonchev–Trinajstić information content (AvgIpc) is 3.18. The minimum atomic E-state index is -0.489. The quantitative estimate of drug-likeness (QED) is 0.307. The second-order valence-electron chi connectivity index (χ2n) is 5.15. The number of hydrogen-bond acceptors (Lipinski definition) is 5. The van der Waals surface area contributed by atoms with Crippen molar-refractivity contribution in [1.29, 1.82) is 0 Å². The molecule has 3 aromatic rings. The summed E-state index contributed by atoms with van der Waals surface area (Å²) in [4.78, 5) is 24.4. The van der Waals surface area contributed by atoms with Gasteiger partial charge in [-0.1, -0.05) is 23.7 Å². The topological polar surface area (TPSA) is 67.8 Å². The van der Waals surface area contributed by atoms with Crippen LogP contribution in [-0.4, -0.2) is 18.1 Å². The Morgan fingerprint density at radius 2 is 1.88 bits per heavy atom. The summed E-state index contributed by atoms with van der Waals surface area (Å²) in [6.07, 6.45) is 1.51. The Balaban J connectivity index is 1.57. The minimum absolute atomic E-state index is 0.261. The van der Waals surface area contributed by atoms with Crippen LogP contribution >= 0.6 is 22.9 Å². The number of amides is 1. The Morgan fingerprint density at radius 1 is 1.08 bits per heavy atom. The first-order valence-corrected chi connectivity index (χ1v) is 8.82. The lowest BCUT2D eigenvalue weighted by molar-refractivity contribution is 0.0734.